The maximum atomic E-state index is 12.3. The maximum absolute atomic E-state index is 12.3. The zero-order chi connectivity index (χ0) is 16.9. The monoisotopic (exact) mass is 344 g/mol. The highest BCUT2D eigenvalue weighted by Gasteiger charge is 2.27. The van der Waals surface area contributed by atoms with Gasteiger partial charge in [-0.3, -0.25) is 0 Å². The topological polar surface area (TPSA) is 41.6 Å². The molecule has 0 aromatic heterocycles. The number of ether oxygens (including phenoxy) is 1. The molecule has 0 aliphatic carbocycles. The van der Waals surface area contributed by atoms with E-state index in [0.29, 0.717) is 17.5 Å². The van der Waals surface area contributed by atoms with Gasteiger partial charge in [-0.2, -0.15) is 0 Å². The van der Waals surface area contributed by atoms with E-state index < -0.39 is 0 Å². The first-order valence-corrected chi connectivity index (χ1v) is 8.44. The summed E-state index contributed by atoms with van der Waals surface area (Å²) in [5.41, 5.74) is 2.29. The van der Waals surface area contributed by atoms with Crippen LogP contribution >= 0.6 is 11.6 Å². The van der Waals surface area contributed by atoms with Gasteiger partial charge in [-0.15, -0.1) is 0 Å². The normalized spacial score (nSPS) is 16.9. The Hall–Kier alpha value is -2.20. The van der Waals surface area contributed by atoms with Gasteiger partial charge in [0.15, 0.2) is 0 Å². The van der Waals surface area contributed by atoms with Crippen LogP contribution in [0.5, 0.6) is 5.75 Å². The number of hydrogen-bond acceptors (Lipinski definition) is 2. The first kappa shape index (κ1) is 16.7. The van der Waals surface area contributed by atoms with E-state index in [9.17, 15) is 4.79 Å². The van der Waals surface area contributed by atoms with Crippen LogP contribution in [0.4, 0.5) is 4.79 Å². The third-order valence-electron chi connectivity index (χ3n) is 4.42. The first-order chi connectivity index (χ1) is 11.7. The van der Waals surface area contributed by atoms with Crippen molar-refractivity contribution in [1.82, 2.24) is 10.2 Å². The van der Waals surface area contributed by atoms with Crippen molar-refractivity contribution in [3.63, 3.8) is 0 Å². The summed E-state index contributed by atoms with van der Waals surface area (Å²) in [7, 11) is 1.66. The molecule has 0 spiro atoms. The van der Waals surface area contributed by atoms with Gasteiger partial charge in [0.2, 0.25) is 0 Å². The standard InChI is InChI=1S/C19H21ClN2O2/c1-24-18-8-4-15(5-9-18)16-10-11-22(13-16)19(23)21-12-14-2-6-17(20)7-3-14/h2-9,16H,10-13H2,1H3,(H,21,23)/t16-/m0/s1. The van der Waals surface area contributed by atoms with E-state index in [4.69, 9.17) is 16.3 Å². The predicted octanol–water partition coefficient (Wildman–Crippen LogP) is 4.05. The number of hydrogen-bond donors (Lipinski definition) is 1. The van der Waals surface area contributed by atoms with Crippen LogP contribution in [0.25, 0.3) is 0 Å². The molecule has 0 unspecified atom stereocenters. The summed E-state index contributed by atoms with van der Waals surface area (Å²) in [4.78, 5) is 14.2. The van der Waals surface area contributed by atoms with Gasteiger partial charge in [0.1, 0.15) is 5.75 Å². The van der Waals surface area contributed by atoms with Crippen molar-refractivity contribution in [3.05, 3.63) is 64.7 Å². The molecule has 0 bridgehead atoms. The molecule has 1 saturated heterocycles. The Bertz CT molecular complexity index is 686. The Morgan fingerprint density at radius 1 is 1.21 bits per heavy atom. The van der Waals surface area contributed by atoms with E-state index in [1.165, 1.54) is 5.56 Å². The number of benzene rings is 2. The van der Waals surface area contributed by atoms with Gasteiger partial charge in [-0.05, 0) is 41.8 Å². The SMILES string of the molecule is COc1ccc([C@H]2CCN(C(=O)NCc3ccc(Cl)cc3)C2)cc1. The number of nitrogens with one attached hydrogen (secondary N) is 1. The van der Waals surface area contributed by atoms with Crippen LogP contribution in [-0.2, 0) is 6.54 Å². The van der Waals surface area contributed by atoms with Crippen LogP contribution in [-0.4, -0.2) is 31.1 Å². The average Bonchev–Trinajstić information content (AvgIpc) is 3.11. The van der Waals surface area contributed by atoms with Gasteiger partial charge in [-0.1, -0.05) is 35.9 Å². The molecule has 1 aliphatic rings. The smallest absolute Gasteiger partial charge is 0.317 e. The van der Waals surface area contributed by atoms with Crippen molar-refractivity contribution in [2.24, 2.45) is 0 Å². The maximum Gasteiger partial charge on any atom is 0.317 e. The number of urea groups is 1. The Morgan fingerprint density at radius 2 is 1.92 bits per heavy atom. The fourth-order valence-electron chi connectivity index (χ4n) is 2.98. The molecule has 0 saturated carbocycles. The molecule has 24 heavy (non-hydrogen) atoms. The molecule has 1 heterocycles. The Balaban J connectivity index is 1.52. The Labute approximate surface area is 147 Å². The highest BCUT2D eigenvalue weighted by Crippen LogP contribution is 2.28. The van der Waals surface area contributed by atoms with Crippen molar-refractivity contribution in [1.29, 1.82) is 0 Å². The van der Waals surface area contributed by atoms with Crippen molar-refractivity contribution in [2.45, 2.75) is 18.9 Å². The van der Waals surface area contributed by atoms with E-state index in [1.807, 2.05) is 41.3 Å². The molecule has 2 amide bonds. The van der Waals surface area contributed by atoms with Crippen LogP contribution in [0, 0.1) is 0 Å². The molecule has 5 heteroatoms. The van der Waals surface area contributed by atoms with Crippen molar-refractivity contribution in [2.75, 3.05) is 20.2 Å². The van der Waals surface area contributed by atoms with Gasteiger partial charge in [0, 0.05) is 30.6 Å². The van der Waals surface area contributed by atoms with E-state index in [-0.39, 0.29) is 6.03 Å². The van der Waals surface area contributed by atoms with Crippen LogP contribution < -0.4 is 10.1 Å². The number of carbonyl (C=O) groups is 1. The number of halogens is 1. The fourth-order valence-corrected chi connectivity index (χ4v) is 3.11. The third-order valence-corrected chi connectivity index (χ3v) is 4.67. The summed E-state index contributed by atoms with van der Waals surface area (Å²) in [6, 6.07) is 15.6. The zero-order valence-corrected chi connectivity index (χ0v) is 14.4. The Kier molecular flexibility index (Phi) is 5.26. The summed E-state index contributed by atoms with van der Waals surface area (Å²) in [6.07, 6.45) is 0.987. The third kappa shape index (κ3) is 4.01. The number of likely N-dealkylation sites (tertiary alicyclic amines) is 1. The quantitative estimate of drug-likeness (QED) is 0.909. The van der Waals surface area contributed by atoms with Crippen LogP contribution in [0.2, 0.25) is 5.02 Å². The lowest BCUT2D eigenvalue weighted by Gasteiger charge is -2.18. The minimum atomic E-state index is -0.0130. The summed E-state index contributed by atoms with van der Waals surface area (Å²) in [6.45, 7) is 2.04. The van der Waals surface area contributed by atoms with Crippen LogP contribution in [0.1, 0.15) is 23.5 Å². The molecule has 1 N–H and O–H groups in total. The van der Waals surface area contributed by atoms with Gasteiger partial charge in [0.05, 0.1) is 7.11 Å². The summed E-state index contributed by atoms with van der Waals surface area (Å²) in [5.74, 6) is 1.24. The van der Waals surface area contributed by atoms with Crippen molar-refractivity contribution in [3.8, 4) is 5.75 Å². The second kappa shape index (κ2) is 7.58. The number of carbonyl (C=O) groups excluding carboxylic acids is 1. The van der Waals surface area contributed by atoms with Gasteiger partial charge < -0.3 is 15.0 Å². The van der Waals surface area contributed by atoms with Crippen LogP contribution in [0.3, 0.4) is 0 Å². The van der Waals surface area contributed by atoms with Gasteiger partial charge in [0.25, 0.3) is 0 Å². The number of rotatable bonds is 4. The summed E-state index contributed by atoms with van der Waals surface area (Å²) >= 11 is 5.87. The molecular formula is C19H21ClN2O2. The molecule has 0 radical (unpaired) electrons. The van der Waals surface area contributed by atoms with E-state index in [0.717, 1.165) is 30.8 Å². The molecule has 1 atom stereocenters. The minimum absolute atomic E-state index is 0.0130. The molecular weight excluding hydrogens is 324 g/mol. The number of methoxy groups -OCH3 is 1. The minimum Gasteiger partial charge on any atom is -0.497 e. The lowest BCUT2D eigenvalue weighted by Crippen LogP contribution is -2.37. The summed E-state index contributed by atoms with van der Waals surface area (Å²) < 4.78 is 5.19. The molecule has 126 valence electrons. The van der Waals surface area contributed by atoms with Crippen molar-refractivity contribution >= 4 is 17.6 Å². The highest BCUT2D eigenvalue weighted by atomic mass is 35.5. The highest BCUT2D eigenvalue weighted by molar-refractivity contribution is 6.30. The largest absolute Gasteiger partial charge is 0.497 e. The lowest BCUT2D eigenvalue weighted by molar-refractivity contribution is 0.208. The van der Waals surface area contributed by atoms with E-state index in [2.05, 4.69) is 17.4 Å². The van der Waals surface area contributed by atoms with E-state index >= 15 is 0 Å². The molecule has 4 nitrogen and oxygen atoms in total. The molecule has 3 rings (SSSR count). The van der Waals surface area contributed by atoms with Crippen molar-refractivity contribution < 1.29 is 9.53 Å². The predicted molar refractivity (Wildman–Crippen MR) is 95.6 cm³/mol. The first-order valence-electron chi connectivity index (χ1n) is 8.07. The van der Waals surface area contributed by atoms with Crippen LogP contribution in [0.15, 0.2) is 48.5 Å². The average molecular weight is 345 g/mol. The van der Waals surface area contributed by atoms with E-state index in [1.54, 1.807) is 7.11 Å². The second-order valence-electron chi connectivity index (χ2n) is 5.99. The van der Waals surface area contributed by atoms with Gasteiger partial charge in [-0.25, -0.2) is 4.79 Å². The molecule has 2 aromatic carbocycles. The second-order valence-corrected chi connectivity index (χ2v) is 6.43. The molecule has 1 aliphatic heterocycles. The number of amides is 2. The number of nitrogens with zero attached hydrogens (tertiary/aromatic N) is 1. The lowest BCUT2D eigenvalue weighted by atomic mass is 9.98. The summed E-state index contributed by atoms with van der Waals surface area (Å²) in [5, 5.41) is 3.68. The fraction of sp³-hybridized carbons (Fsp3) is 0.316. The van der Waals surface area contributed by atoms with Gasteiger partial charge >= 0.3 is 6.03 Å². The Morgan fingerprint density at radius 3 is 2.58 bits per heavy atom. The molecule has 1 fully saturated rings. The molecule has 2 aromatic rings. The zero-order valence-electron chi connectivity index (χ0n) is 13.7.